The minimum absolute atomic E-state index is 0. The number of carboxylic acid groups (broad SMARTS) is 1. The zero-order chi connectivity index (χ0) is 12.7. The third-order valence-corrected chi connectivity index (χ3v) is 3.07. The van der Waals surface area contributed by atoms with Crippen molar-refractivity contribution in [1.82, 2.24) is 9.80 Å². The van der Waals surface area contributed by atoms with Crippen molar-refractivity contribution in [3.63, 3.8) is 0 Å². The van der Waals surface area contributed by atoms with Gasteiger partial charge in [0.15, 0.2) is 0 Å². The fraction of sp³-hybridized carbons (Fsp3) is 0.727. The van der Waals surface area contributed by atoms with Crippen LogP contribution in [-0.2, 0) is 14.4 Å². The van der Waals surface area contributed by atoms with Gasteiger partial charge in [0.1, 0.15) is 0 Å². The van der Waals surface area contributed by atoms with Crippen molar-refractivity contribution < 1.29 is 19.5 Å². The number of carbonyl (C=O) groups excluding carboxylic acids is 2. The Morgan fingerprint density at radius 1 is 1.22 bits per heavy atom. The maximum Gasteiger partial charge on any atom is 0.290 e. The molecule has 18 heavy (non-hydrogen) atoms. The molecule has 0 spiro atoms. The van der Waals surface area contributed by atoms with Gasteiger partial charge in [-0.2, -0.15) is 6.41 Å². The maximum absolute atomic E-state index is 11.9. The zero-order valence-electron chi connectivity index (χ0n) is 9.96. The predicted molar refractivity (Wildman–Crippen MR) is 59.9 cm³/mol. The molecule has 2 amide bonds. The van der Waals surface area contributed by atoms with Gasteiger partial charge in [0.25, 0.3) is 6.47 Å². The quantitative estimate of drug-likeness (QED) is 0.425. The summed E-state index contributed by atoms with van der Waals surface area (Å²) in [5.41, 5.74) is 0. The zero-order valence-corrected chi connectivity index (χ0v) is 12.4. The van der Waals surface area contributed by atoms with Crippen LogP contribution in [0.3, 0.4) is 0 Å². The van der Waals surface area contributed by atoms with E-state index < -0.39 is 0 Å². The fourth-order valence-electron chi connectivity index (χ4n) is 2.28. The largest absolute Gasteiger partial charge is 0.520 e. The van der Waals surface area contributed by atoms with Crippen LogP contribution in [0, 0.1) is 0 Å². The van der Waals surface area contributed by atoms with E-state index in [-0.39, 0.29) is 18.4 Å². The van der Waals surface area contributed by atoms with Crippen molar-refractivity contribution >= 4 is 18.8 Å². The molecule has 0 aromatic carbocycles. The third-order valence-electron chi connectivity index (χ3n) is 3.07. The van der Waals surface area contributed by atoms with Crippen LogP contribution in [0.25, 0.3) is 0 Å². The SMILES string of the molecule is O=CO.O=[C-]N1CCCC1C(=O)N1CCCC1.[Fm]. The van der Waals surface area contributed by atoms with Crippen LogP contribution < -0.4 is 0 Å². The Labute approximate surface area is 100 Å². The molecule has 1 atom stereocenters. The molecule has 6 nitrogen and oxygen atoms in total. The predicted octanol–water partition coefficient (Wildman–Crippen LogP) is -0.159. The van der Waals surface area contributed by atoms with Crippen molar-refractivity contribution in [3.05, 3.63) is 0 Å². The molecule has 0 bridgehead atoms. The molecule has 0 saturated carbocycles. The van der Waals surface area contributed by atoms with Gasteiger partial charge in [-0.25, -0.2) is 0 Å². The van der Waals surface area contributed by atoms with Crippen LogP contribution >= 0.6 is 0 Å². The summed E-state index contributed by atoms with van der Waals surface area (Å²) in [6.07, 6.45) is 5.80. The number of hydrogen-bond acceptors (Lipinski definition) is 3. The molecule has 2 fully saturated rings. The van der Waals surface area contributed by atoms with E-state index in [1.54, 1.807) is 0 Å². The molecule has 108 valence electrons. The minimum Gasteiger partial charge on any atom is -0.520 e. The van der Waals surface area contributed by atoms with Crippen molar-refractivity contribution in [2.75, 3.05) is 19.6 Å². The van der Waals surface area contributed by atoms with Gasteiger partial charge in [0, 0.05) is 13.1 Å². The Kier molecular flexibility index (Phi) is 6.55. The topological polar surface area (TPSA) is 77.9 Å². The molecule has 7 heteroatoms. The van der Waals surface area contributed by atoms with Gasteiger partial charge < -0.3 is 19.7 Å². The van der Waals surface area contributed by atoms with E-state index >= 15 is 0 Å². The van der Waals surface area contributed by atoms with Gasteiger partial charge in [-0.1, -0.05) is 0 Å². The maximum atomic E-state index is 11.9. The van der Waals surface area contributed by atoms with E-state index in [4.69, 9.17) is 9.90 Å². The number of carbonyl (C=O) groups is 2. The molecule has 2 aliphatic rings. The Morgan fingerprint density at radius 2 is 1.78 bits per heavy atom. The monoisotopic (exact) mass is 498 g/mol. The van der Waals surface area contributed by atoms with Crippen LogP contribution in [0.4, 0.5) is 0 Å². The first-order valence-electron chi connectivity index (χ1n) is 5.75. The summed E-state index contributed by atoms with van der Waals surface area (Å²) < 4.78 is 0. The Morgan fingerprint density at radius 3 is 2.28 bits per heavy atom. The molecule has 0 radical (unpaired) electrons. The van der Waals surface area contributed by atoms with E-state index in [2.05, 4.69) is 0 Å². The normalized spacial score (nSPS) is 21.7. The third kappa shape index (κ3) is 3.47. The minimum atomic E-state index is -0.250. The molecule has 1 unspecified atom stereocenters. The number of rotatable bonds is 2. The van der Waals surface area contributed by atoms with Gasteiger partial charge in [-0.05, 0) is 32.2 Å². The van der Waals surface area contributed by atoms with Crippen molar-refractivity contribution in [1.29, 1.82) is 0 Å². The van der Waals surface area contributed by atoms with Gasteiger partial charge in [0.2, 0.25) is 5.91 Å². The van der Waals surface area contributed by atoms with Gasteiger partial charge in [-0.15, -0.1) is 0 Å². The fourth-order valence-corrected chi connectivity index (χ4v) is 2.28. The van der Waals surface area contributed by atoms with Crippen molar-refractivity contribution in [3.8, 4) is 0 Å². The van der Waals surface area contributed by atoms with E-state index in [0.29, 0.717) is 6.54 Å². The second kappa shape index (κ2) is 7.65. The van der Waals surface area contributed by atoms with Crippen molar-refractivity contribution in [2.24, 2.45) is 0 Å². The molecule has 0 aromatic rings. The van der Waals surface area contributed by atoms with E-state index in [9.17, 15) is 9.59 Å². The first kappa shape index (κ1) is 15.4. The second-order valence-electron chi connectivity index (χ2n) is 4.08. The number of nitrogens with zero attached hydrogens (tertiary/aromatic N) is 2. The molecule has 1 N–H and O–H groups in total. The summed E-state index contributed by atoms with van der Waals surface area (Å²) in [5, 5.41) is 6.89. The van der Waals surface area contributed by atoms with Crippen LogP contribution in [0.15, 0.2) is 0 Å². The molecule has 2 aliphatic heterocycles. The number of amides is 2. The molecule has 0 aromatic heterocycles. The number of likely N-dealkylation sites (tertiary alicyclic amines) is 2. The molecular weight excluding hydrogens is 481 g/mol. The second-order valence-corrected chi connectivity index (χ2v) is 4.08. The summed E-state index contributed by atoms with van der Waals surface area (Å²) in [7, 11) is 0. The summed E-state index contributed by atoms with van der Waals surface area (Å²) in [4.78, 5) is 34.2. The Bertz CT molecular complexity index is 282. The summed E-state index contributed by atoms with van der Waals surface area (Å²) in [6, 6.07) is -0.217. The molecule has 2 heterocycles. The van der Waals surface area contributed by atoms with E-state index in [1.165, 1.54) is 4.90 Å². The van der Waals surface area contributed by atoms with E-state index in [1.807, 2.05) is 11.3 Å². The van der Waals surface area contributed by atoms with Crippen molar-refractivity contribution in [2.45, 2.75) is 31.7 Å². The van der Waals surface area contributed by atoms with Crippen LogP contribution in [0.5, 0.6) is 0 Å². The summed E-state index contributed by atoms with van der Waals surface area (Å²) in [6.45, 7) is 2.16. The van der Waals surface area contributed by atoms with Crippen LogP contribution in [0.1, 0.15) is 25.7 Å². The average Bonchev–Trinajstić information content (AvgIpc) is 3.00. The molecule has 2 rings (SSSR count). The summed E-state index contributed by atoms with van der Waals surface area (Å²) >= 11 is 0. The first-order chi connectivity index (χ1) is 8.24. The van der Waals surface area contributed by atoms with E-state index in [0.717, 1.165) is 38.8 Å². The first-order valence-corrected chi connectivity index (χ1v) is 5.75. The molecule has 0 aliphatic carbocycles. The smallest absolute Gasteiger partial charge is 0.290 e. The molecule has 2 saturated heterocycles. The summed E-state index contributed by atoms with van der Waals surface area (Å²) in [5.74, 6) is 0.128. The van der Waals surface area contributed by atoms with Gasteiger partial charge >= 0.3 is 0 Å². The van der Waals surface area contributed by atoms with Crippen LogP contribution in [0.2, 0.25) is 0 Å². The van der Waals surface area contributed by atoms with Gasteiger partial charge in [0.05, 0.1) is 6.04 Å². The average molecular weight is 498 g/mol. The van der Waals surface area contributed by atoms with Gasteiger partial charge in [-0.3, -0.25) is 9.59 Å². The Hall–Kier alpha value is -2.59. The standard InChI is InChI=1S/C10H15N2O2.CH2O2.Fm/c13-8-12-7-3-4-9(12)10(14)11-5-1-2-6-11;2-1-3;/h9H,1-7H2;1H,(H,2,3);/q-1;;. The molecular formula is C11H17FmN2O4-. The Balaban J connectivity index is 0.000000660. The van der Waals surface area contributed by atoms with Crippen LogP contribution in [-0.4, -0.2) is 59.4 Å². The number of hydrogen-bond donors (Lipinski definition) is 1.